The fourth-order valence-corrected chi connectivity index (χ4v) is 5.52. The van der Waals surface area contributed by atoms with Crippen LogP contribution in [0.1, 0.15) is 25.5 Å². The van der Waals surface area contributed by atoms with Gasteiger partial charge in [0.15, 0.2) is 0 Å². The Morgan fingerprint density at radius 3 is 2.74 bits per heavy atom. The quantitative estimate of drug-likeness (QED) is 0.549. The van der Waals surface area contributed by atoms with Crippen LogP contribution in [0.4, 0.5) is 5.69 Å². The molecule has 1 saturated carbocycles. The van der Waals surface area contributed by atoms with E-state index in [4.69, 9.17) is 4.42 Å². The molecular formula is C24H31N5O4S. The number of aromatic nitrogens is 2. The van der Waals surface area contributed by atoms with Crippen molar-refractivity contribution in [2.24, 2.45) is 13.0 Å². The normalized spacial score (nSPS) is 20.1. The molecule has 0 spiro atoms. The van der Waals surface area contributed by atoms with E-state index < -0.39 is 10.0 Å². The van der Waals surface area contributed by atoms with E-state index in [0.29, 0.717) is 48.8 Å². The van der Waals surface area contributed by atoms with Crippen LogP contribution in [0.15, 0.2) is 39.9 Å². The highest BCUT2D eigenvalue weighted by molar-refractivity contribution is 7.88. The van der Waals surface area contributed by atoms with E-state index in [2.05, 4.69) is 15.2 Å². The third-order valence-electron chi connectivity index (χ3n) is 6.85. The summed E-state index contributed by atoms with van der Waals surface area (Å²) in [5.74, 6) is 1.41. The molecule has 1 atom stereocenters. The first-order chi connectivity index (χ1) is 16.2. The van der Waals surface area contributed by atoms with Crippen molar-refractivity contribution in [3.63, 3.8) is 0 Å². The zero-order chi connectivity index (χ0) is 24.0. The van der Waals surface area contributed by atoms with Crippen LogP contribution in [0.5, 0.6) is 0 Å². The van der Waals surface area contributed by atoms with Crippen LogP contribution in [0.3, 0.4) is 0 Å². The van der Waals surface area contributed by atoms with Crippen molar-refractivity contribution in [3.8, 4) is 11.1 Å². The highest BCUT2D eigenvalue weighted by Gasteiger charge is 2.29. The molecule has 9 nitrogen and oxygen atoms in total. The van der Waals surface area contributed by atoms with E-state index >= 15 is 0 Å². The molecule has 2 aliphatic rings. The number of hydrogen-bond donors (Lipinski definition) is 1. The molecular weight excluding hydrogens is 454 g/mol. The molecule has 0 amide bonds. The van der Waals surface area contributed by atoms with Crippen LogP contribution in [-0.4, -0.2) is 65.7 Å². The molecule has 1 aliphatic heterocycles. The van der Waals surface area contributed by atoms with Gasteiger partial charge in [0.1, 0.15) is 11.3 Å². The summed E-state index contributed by atoms with van der Waals surface area (Å²) in [6.45, 7) is 4.94. The number of aryl methyl sites for hydroxylation is 1. The predicted octanol–water partition coefficient (Wildman–Crippen LogP) is 2.48. The lowest BCUT2D eigenvalue weighted by atomic mass is 10.1. The minimum Gasteiger partial charge on any atom is -0.459 e. The van der Waals surface area contributed by atoms with Crippen molar-refractivity contribution in [1.29, 1.82) is 0 Å². The molecule has 1 N–H and O–H groups in total. The summed E-state index contributed by atoms with van der Waals surface area (Å²) in [6, 6.07) is 3.82. The summed E-state index contributed by atoms with van der Waals surface area (Å²) in [6.07, 6.45) is 9.15. The molecule has 0 unspecified atom stereocenters. The summed E-state index contributed by atoms with van der Waals surface area (Å²) in [4.78, 5) is 19.4. The summed E-state index contributed by atoms with van der Waals surface area (Å²) < 4.78 is 33.2. The maximum atomic E-state index is 12.9. The van der Waals surface area contributed by atoms with Gasteiger partial charge in [-0.15, -0.1) is 0 Å². The standard InChI is InChI=1S/C24H31N5O4S/c1-16-13-29(34(3,31)32)9-8-28(16)14-18-10-20-23(33-18)21(15-27(2)24(20)30)19-6-7-25-12-22(19)26-11-17-4-5-17/h6-7,10,12,15-17,26H,4-5,8-9,11,13-14H2,1-3H3/t16-/m1/s1. The van der Waals surface area contributed by atoms with Crippen LogP contribution in [-0.2, 0) is 23.6 Å². The van der Waals surface area contributed by atoms with Gasteiger partial charge in [-0.3, -0.25) is 14.7 Å². The molecule has 2 fully saturated rings. The second-order valence-electron chi connectivity index (χ2n) is 9.60. The first-order valence-corrected chi connectivity index (χ1v) is 13.5. The molecule has 10 heteroatoms. The first-order valence-electron chi connectivity index (χ1n) is 11.7. The minimum atomic E-state index is -3.20. The van der Waals surface area contributed by atoms with E-state index in [0.717, 1.165) is 23.4 Å². The smallest absolute Gasteiger partial charge is 0.261 e. The topological polar surface area (TPSA) is 101 Å². The van der Waals surface area contributed by atoms with Gasteiger partial charge in [0.25, 0.3) is 5.56 Å². The van der Waals surface area contributed by atoms with E-state index in [1.165, 1.54) is 23.4 Å². The average molecular weight is 486 g/mol. The van der Waals surface area contributed by atoms with Crippen LogP contribution in [0, 0.1) is 5.92 Å². The number of piperazine rings is 1. The second kappa shape index (κ2) is 8.83. The number of hydrogen-bond acceptors (Lipinski definition) is 7. The Hall–Kier alpha value is -2.69. The number of fused-ring (bicyclic) bond motifs is 1. The summed E-state index contributed by atoms with van der Waals surface area (Å²) in [7, 11) is -1.45. The minimum absolute atomic E-state index is 0.0393. The summed E-state index contributed by atoms with van der Waals surface area (Å²) in [5.41, 5.74) is 3.19. The number of pyridine rings is 2. The Kier molecular flexibility index (Phi) is 5.99. The Balaban J connectivity index is 1.47. The van der Waals surface area contributed by atoms with Crippen molar-refractivity contribution >= 4 is 26.7 Å². The zero-order valence-electron chi connectivity index (χ0n) is 19.8. The first kappa shape index (κ1) is 23.1. The molecule has 1 aliphatic carbocycles. The molecule has 0 radical (unpaired) electrons. The maximum Gasteiger partial charge on any atom is 0.261 e. The number of rotatable bonds is 7. The molecule has 5 rings (SSSR count). The molecule has 3 aromatic rings. The fraction of sp³-hybridized carbons (Fsp3) is 0.500. The Labute approximate surface area is 199 Å². The molecule has 0 aromatic carbocycles. The van der Waals surface area contributed by atoms with Gasteiger partial charge in [-0.1, -0.05) is 0 Å². The third kappa shape index (κ3) is 4.62. The predicted molar refractivity (Wildman–Crippen MR) is 132 cm³/mol. The van der Waals surface area contributed by atoms with Gasteiger partial charge in [0, 0.05) is 62.8 Å². The van der Waals surface area contributed by atoms with Gasteiger partial charge in [0.05, 0.1) is 30.1 Å². The van der Waals surface area contributed by atoms with Gasteiger partial charge in [-0.2, -0.15) is 4.31 Å². The van der Waals surface area contributed by atoms with Crippen molar-refractivity contribution in [2.75, 3.05) is 37.8 Å². The zero-order valence-corrected chi connectivity index (χ0v) is 20.6. The number of furan rings is 1. The van der Waals surface area contributed by atoms with Gasteiger partial charge >= 0.3 is 0 Å². The Morgan fingerprint density at radius 1 is 1.24 bits per heavy atom. The Bertz CT molecular complexity index is 1380. The second-order valence-corrected chi connectivity index (χ2v) is 11.6. The maximum absolute atomic E-state index is 12.9. The monoisotopic (exact) mass is 485 g/mol. The van der Waals surface area contributed by atoms with Crippen molar-refractivity contribution in [1.82, 2.24) is 18.8 Å². The third-order valence-corrected chi connectivity index (χ3v) is 8.12. The number of anilines is 1. The van der Waals surface area contributed by atoms with Crippen LogP contribution in [0.2, 0.25) is 0 Å². The number of nitrogens with one attached hydrogen (secondary N) is 1. The van der Waals surface area contributed by atoms with Gasteiger partial charge in [-0.25, -0.2) is 8.42 Å². The van der Waals surface area contributed by atoms with Crippen LogP contribution < -0.4 is 10.9 Å². The number of nitrogens with zero attached hydrogens (tertiary/aromatic N) is 4. The fourth-order valence-electron chi connectivity index (χ4n) is 4.62. The SMILES string of the molecule is C[C@@H]1CN(S(C)(=O)=O)CCN1Cc1cc2c(=O)n(C)cc(-c3ccncc3NCC3CC3)c2o1. The molecule has 4 heterocycles. The van der Waals surface area contributed by atoms with Crippen molar-refractivity contribution in [3.05, 3.63) is 46.8 Å². The van der Waals surface area contributed by atoms with Crippen molar-refractivity contribution in [2.45, 2.75) is 32.4 Å². The van der Waals surface area contributed by atoms with E-state index in [1.54, 1.807) is 17.8 Å². The summed E-state index contributed by atoms with van der Waals surface area (Å²) >= 11 is 0. The molecule has 182 valence electrons. The molecule has 34 heavy (non-hydrogen) atoms. The van der Waals surface area contributed by atoms with Gasteiger partial charge < -0.3 is 14.3 Å². The molecule has 1 saturated heterocycles. The lowest BCUT2D eigenvalue weighted by Crippen LogP contribution is -2.52. The lowest BCUT2D eigenvalue weighted by molar-refractivity contribution is 0.115. The van der Waals surface area contributed by atoms with Gasteiger partial charge in [0.2, 0.25) is 10.0 Å². The number of sulfonamides is 1. The highest BCUT2D eigenvalue weighted by atomic mass is 32.2. The Morgan fingerprint density at radius 2 is 2.03 bits per heavy atom. The van der Waals surface area contributed by atoms with E-state index in [-0.39, 0.29) is 11.6 Å². The lowest BCUT2D eigenvalue weighted by Gasteiger charge is -2.38. The van der Waals surface area contributed by atoms with Crippen LogP contribution >= 0.6 is 0 Å². The summed E-state index contributed by atoms with van der Waals surface area (Å²) in [5, 5.41) is 4.06. The molecule has 0 bridgehead atoms. The van der Waals surface area contributed by atoms with E-state index in [9.17, 15) is 13.2 Å². The molecule has 3 aromatic heterocycles. The average Bonchev–Trinajstić information content (AvgIpc) is 3.53. The van der Waals surface area contributed by atoms with Crippen LogP contribution in [0.25, 0.3) is 22.1 Å². The largest absolute Gasteiger partial charge is 0.459 e. The van der Waals surface area contributed by atoms with Crippen molar-refractivity contribution < 1.29 is 12.8 Å². The van der Waals surface area contributed by atoms with Gasteiger partial charge in [-0.05, 0) is 37.8 Å². The highest BCUT2D eigenvalue weighted by Crippen LogP contribution is 2.35. The van der Waals surface area contributed by atoms with E-state index in [1.807, 2.05) is 31.5 Å².